The Labute approximate surface area is 55.4 Å². The van der Waals surface area contributed by atoms with Crippen molar-refractivity contribution in [3.63, 3.8) is 0 Å². The lowest BCUT2D eigenvalue weighted by Crippen LogP contribution is -2.28. The van der Waals surface area contributed by atoms with Crippen LogP contribution in [0.1, 0.15) is 19.8 Å². The summed E-state index contributed by atoms with van der Waals surface area (Å²) in [5, 5.41) is 0. The molecule has 0 saturated heterocycles. The molecule has 1 nitrogen and oxygen atoms in total. The van der Waals surface area contributed by atoms with Crippen molar-refractivity contribution in [2.24, 2.45) is 17.6 Å². The molecule has 1 fully saturated rings. The molecule has 0 heterocycles. The van der Waals surface area contributed by atoms with E-state index in [1.807, 2.05) is 0 Å². The van der Waals surface area contributed by atoms with E-state index in [1.54, 1.807) is 0 Å². The molecule has 0 spiro atoms. The smallest absolute Gasteiger partial charge is 0.0939 e. The molecule has 1 aliphatic carbocycles. The number of halogens is 1. The summed E-state index contributed by atoms with van der Waals surface area (Å²) in [4.78, 5) is 0. The fourth-order valence-electron chi connectivity index (χ4n) is 1.57. The van der Waals surface area contributed by atoms with Crippen LogP contribution in [0.4, 0.5) is 4.39 Å². The van der Waals surface area contributed by atoms with Crippen LogP contribution in [0.25, 0.3) is 0 Å². The number of alkyl halides is 1. The molecule has 9 heavy (non-hydrogen) atoms. The van der Waals surface area contributed by atoms with Crippen LogP contribution in [-0.2, 0) is 0 Å². The van der Waals surface area contributed by atoms with Gasteiger partial charge in [-0.1, -0.05) is 6.92 Å². The Morgan fingerprint density at radius 2 is 2.22 bits per heavy atom. The average Bonchev–Trinajstić information content (AvgIpc) is 2.12. The fourth-order valence-corrected chi connectivity index (χ4v) is 1.57. The normalized spacial score (nSPS) is 43.7. The van der Waals surface area contributed by atoms with Crippen molar-refractivity contribution in [1.29, 1.82) is 0 Å². The third-order valence-corrected chi connectivity index (χ3v) is 2.41. The highest BCUT2D eigenvalue weighted by Gasteiger charge is 2.30. The third-order valence-electron chi connectivity index (χ3n) is 2.41. The third kappa shape index (κ3) is 1.23. The van der Waals surface area contributed by atoms with Crippen molar-refractivity contribution >= 4 is 0 Å². The highest BCUT2D eigenvalue weighted by molar-refractivity contribution is 4.84. The summed E-state index contributed by atoms with van der Waals surface area (Å²) in [5.41, 5.74) is 5.64. The molecular formula is C7H14FN. The van der Waals surface area contributed by atoms with Crippen LogP contribution in [-0.4, -0.2) is 12.7 Å². The zero-order valence-corrected chi connectivity index (χ0v) is 5.81. The Balaban J connectivity index is 2.44. The largest absolute Gasteiger partial charge is 0.327 e. The highest BCUT2D eigenvalue weighted by atomic mass is 19.1. The predicted octanol–water partition coefficient (Wildman–Crippen LogP) is 1.33. The van der Waals surface area contributed by atoms with Gasteiger partial charge in [-0.3, -0.25) is 4.39 Å². The quantitative estimate of drug-likeness (QED) is 0.570. The minimum Gasteiger partial charge on any atom is -0.327 e. The standard InChI is InChI=1S/C7H14FN/c1-5-2-3-7(9)6(5)4-8/h5-7H,2-4,9H2,1H3/t5-,6-,7-/m1/s1. The first-order valence-electron chi connectivity index (χ1n) is 3.57. The Morgan fingerprint density at radius 1 is 1.56 bits per heavy atom. The summed E-state index contributed by atoms with van der Waals surface area (Å²) < 4.78 is 12.1. The van der Waals surface area contributed by atoms with E-state index in [0.29, 0.717) is 5.92 Å². The topological polar surface area (TPSA) is 26.0 Å². The maximum absolute atomic E-state index is 12.1. The van der Waals surface area contributed by atoms with Crippen molar-refractivity contribution < 1.29 is 4.39 Å². The van der Waals surface area contributed by atoms with Gasteiger partial charge in [-0.2, -0.15) is 0 Å². The van der Waals surface area contributed by atoms with Crippen molar-refractivity contribution in [1.82, 2.24) is 0 Å². The summed E-state index contributed by atoms with van der Waals surface area (Å²) in [7, 11) is 0. The van der Waals surface area contributed by atoms with Gasteiger partial charge in [0.2, 0.25) is 0 Å². The molecule has 2 N–H and O–H groups in total. The molecule has 0 unspecified atom stereocenters. The van der Waals surface area contributed by atoms with E-state index in [1.165, 1.54) is 0 Å². The van der Waals surface area contributed by atoms with E-state index < -0.39 is 0 Å². The molecule has 0 bridgehead atoms. The molecular weight excluding hydrogens is 117 g/mol. The second-order valence-corrected chi connectivity index (χ2v) is 3.04. The molecule has 0 aromatic heterocycles. The van der Waals surface area contributed by atoms with E-state index >= 15 is 0 Å². The summed E-state index contributed by atoms with van der Waals surface area (Å²) >= 11 is 0. The molecule has 54 valence electrons. The second kappa shape index (κ2) is 2.65. The van der Waals surface area contributed by atoms with Crippen molar-refractivity contribution in [3.05, 3.63) is 0 Å². The maximum atomic E-state index is 12.1. The maximum Gasteiger partial charge on any atom is 0.0939 e. The second-order valence-electron chi connectivity index (χ2n) is 3.04. The summed E-state index contributed by atoms with van der Waals surface area (Å²) in [6.07, 6.45) is 2.12. The minimum atomic E-state index is -0.234. The van der Waals surface area contributed by atoms with E-state index in [4.69, 9.17) is 5.73 Å². The molecule has 0 aliphatic heterocycles. The van der Waals surface area contributed by atoms with E-state index in [-0.39, 0.29) is 18.6 Å². The van der Waals surface area contributed by atoms with Crippen molar-refractivity contribution in [3.8, 4) is 0 Å². The van der Waals surface area contributed by atoms with Crippen LogP contribution in [0.2, 0.25) is 0 Å². The first-order valence-corrected chi connectivity index (χ1v) is 3.57. The summed E-state index contributed by atoms with van der Waals surface area (Å²) in [6.45, 7) is 1.85. The van der Waals surface area contributed by atoms with Crippen LogP contribution in [0.5, 0.6) is 0 Å². The van der Waals surface area contributed by atoms with Crippen molar-refractivity contribution in [2.75, 3.05) is 6.67 Å². The number of nitrogens with two attached hydrogens (primary N) is 1. The van der Waals surface area contributed by atoms with Crippen LogP contribution in [0.3, 0.4) is 0 Å². The first-order chi connectivity index (χ1) is 4.25. The molecule has 3 atom stereocenters. The predicted molar refractivity (Wildman–Crippen MR) is 35.8 cm³/mol. The van der Waals surface area contributed by atoms with Gasteiger partial charge >= 0.3 is 0 Å². The highest BCUT2D eigenvalue weighted by Crippen LogP contribution is 2.30. The van der Waals surface area contributed by atoms with Crippen LogP contribution in [0, 0.1) is 11.8 Å². The lowest BCUT2D eigenvalue weighted by Gasteiger charge is -2.14. The molecule has 0 aromatic rings. The lowest BCUT2D eigenvalue weighted by atomic mass is 9.97. The molecule has 1 saturated carbocycles. The van der Waals surface area contributed by atoms with E-state index in [0.717, 1.165) is 12.8 Å². The molecule has 1 rings (SSSR count). The van der Waals surface area contributed by atoms with Gasteiger partial charge in [-0.15, -0.1) is 0 Å². The van der Waals surface area contributed by atoms with Crippen LogP contribution in [0.15, 0.2) is 0 Å². The SMILES string of the molecule is C[C@@H]1CC[C@@H](N)[C@@H]1CF. The van der Waals surface area contributed by atoms with Gasteiger partial charge in [0.05, 0.1) is 6.67 Å². The van der Waals surface area contributed by atoms with Crippen LogP contribution >= 0.6 is 0 Å². The van der Waals surface area contributed by atoms with Gasteiger partial charge < -0.3 is 5.73 Å². The Hall–Kier alpha value is -0.110. The lowest BCUT2D eigenvalue weighted by molar-refractivity contribution is 0.289. The number of hydrogen-bond donors (Lipinski definition) is 1. The zero-order chi connectivity index (χ0) is 6.85. The van der Waals surface area contributed by atoms with Gasteiger partial charge in [0.1, 0.15) is 0 Å². The Kier molecular flexibility index (Phi) is 2.06. The number of rotatable bonds is 1. The monoisotopic (exact) mass is 131 g/mol. The molecule has 2 heteroatoms. The molecule has 0 radical (unpaired) electrons. The average molecular weight is 131 g/mol. The summed E-state index contributed by atoms with van der Waals surface area (Å²) in [6, 6.07) is 0.130. The van der Waals surface area contributed by atoms with Gasteiger partial charge in [0, 0.05) is 12.0 Å². The molecule has 0 aromatic carbocycles. The molecule has 0 amide bonds. The van der Waals surface area contributed by atoms with Gasteiger partial charge in [-0.05, 0) is 18.8 Å². The Morgan fingerprint density at radius 3 is 2.44 bits per heavy atom. The van der Waals surface area contributed by atoms with Gasteiger partial charge in [0.15, 0.2) is 0 Å². The molecule has 1 aliphatic rings. The van der Waals surface area contributed by atoms with Crippen molar-refractivity contribution in [2.45, 2.75) is 25.8 Å². The zero-order valence-electron chi connectivity index (χ0n) is 5.81. The van der Waals surface area contributed by atoms with E-state index in [9.17, 15) is 4.39 Å². The van der Waals surface area contributed by atoms with Gasteiger partial charge in [0.25, 0.3) is 0 Å². The van der Waals surface area contributed by atoms with Crippen LogP contribution < -0.4 is 5.73 Å². The number of hydrogen-bond acceptors (Lipinski definition) is 1. The van der Waals surface area contributed by atoms with Gasteiger partial charge in [-0.25, -0.2) is 0 Å². The first kappa shape index (κ1) is 7.00. The fraction of sp³-hybridized carbons (Fsp3) is 1.00. The summed E-state index contributed by atoms with van der Waals surface area (Å²) in [5.74, 6) is 0.648. The minimum absolute atomic E-state index is 0.130. The van der Waals surface area contributed by atoms with E-state index in [2.05, 4.69) is 6.92 Å². The Bertz CT molecular complexity index is 84.9.